The first kappa shape index (κ1) is 51.5. The average molecular weight is 954 g/mol. The Balaban J connectivity index is 1.12. The fourth-order valence-electron chi connectivity index (χ4n) is 10.1. The Labute approximate surface area is 401 Å². The van der Waals surface area contributed by atoms with Crippen LogP contribution in [-0.2, 0) is 25.7 Å². The molecule has 0 aliphatic carbocycles. The number of amides is 2. The number of carbonyl (C=O) groups excluding carboxylic acids is 2. The number of anilines is 1. The molecule has 0 bridgehead atoms. The van der Waals surface area contributed by atoms with Gasteiger partial charge in [0.2, 0.25) is 5.91 Å². The zero-order valence-corrected chi connectivity index (χ0v) is 39.8. The molecule has 2 amide bonds. The van der Waals surface area contributed by atoms with Crippen molar-refractivity contribution in [1.82, 2.24) is 15.2 Å². The minimum atomic E-state index is -1.64. The van der Waals surface area contributed by atoms with Crippen LogP contribution in [0.4, 0.5) is 10.1 Å². The minimum Gasteiger partial charge on any atom is -0.481 e. The summed E-state index contributed by atoms with van der Waals surface area (Å²) in [4.78, 5) is 53.6. The third-order valence-electron chi connectivity index (χ3n) is 13.5. The molecule has 15 heteroatoms. The van der Waals surface area contributed by atoms with Gasteiger partial charge >= 0.3 is 11.9 Å². The van der Waals surface area contributed by atoms with E-state index in [0.29, 0.717) is 39.3 Å². The molecule has 0 radical (unpaired) electrons. The molecule has 7 N–H and O–H groups in total. The van der Waals surface area contributed by atoms with Gasteiger partial charge in [-0.25, -0.2) is 4.39 Å². The van der Waals surface area contributed by atoms with E-state index in [1.807, 2.05) is 66.9 Å². The Morgan fingerprint density at radius 3 is 2.10 bits per heavy atom. The summed E-state index contributed by atoms with van der Waals surface area (Å²) >= 11 is 6.62. The van der Waals surface area contributed by atoms with Crippen molar-refractivity contribution in [1.29, 1.82) is 0 Å². The third-order valence-corrected chi connectivity index (χ3v) is 13.9. The molecule has 6 rings (SSSR count). The number of carboxylic acids is 2. The lowest BCUT2D eigenvalue weighted by molar-refractivity contribution is -0.174. The highest BCUT2D eigenvalue weighted by atomic mass is 35.5. The summed E-state index contributed by atoms with van der Waals surface area (Å²) in [6, 6.07) is 29.8. The van der Waals surface area contributed by atoms with Gasteiger partial charge in [-0.05, 0) is 98.2 Å². The van der Waals surface area contributed by atoms with Gasteiger partial charge in [-0.3, -0.25) is 19.2 Å². The van der Waals surface area contributed by atoms with Crippen LogP contribution in [0.2, 0.25) is 5.02 Å². The smallest absolute Gasteiger partial charge is 0.311 e. The maximum atomic E-state index is 14.4. The monoisotopic (exact) mass is 952 g/mol. The van der Waals surface area contributed by atoms with Crippen molar-refractivity contribution in [2.45, 2.75) is 103 Å². The van der Waals surface area contributed by atoms with Crippen LogP contribution in [0.5, 0.6) is 0 Å². The number of aromatic nitrogens is 1. The second-order valence-electron chi connectivity index (χ2n) is 18.1. The quantitative estimate of drug-likeness (QED) is 0.0349. The molecule has 0 saturated carbocycles. The van der Waals surface area contributed by atoms with Gasteiger partial charge in [0.05, 0.1) is 53.9 Å². The van der Waals surface area contributed by atoms with Crippen LogP contribution in [0.15, 0.2) is 109 Å². The number of aliphatic hydroxyl groups is 2. The number of hydrogen-bond acceptors (Lipinski definition) is 8. The van der Waals surface area contributed by atoms with Crippen LogP contribution in [-0.4, -0.2) is 92.8 Å². The fraction of sp³-hybridized carbons (Fsp3) is 0.396. The highest BCUT2D eigenvalue weighted by Gasteiger charge is 2.65. The van der Waals surface area contributed by atoms with E-state index in [0.717, 1.165) is 5.56 Å². The summed E-state index contributed by atoms with van der Waals surface area (Å²) in [5.74, 6) is -4.79. The second-order valence-corrected chi connectivity index (χ2v) is 18.5. The van der Waals surface area contributed by atoms with Crippen molar-refractivity contribution in [2.24, 2.45) is 10.8 Å². The number of carbonyl (C=O) groups is 4. The normalized spacial score (nSPS) is 21.2. The van der Waals surface area contributed by atoms with E-state index < -0.39 is 64.7 Å². The molecule has 4 aromatic carbocycles. The molecule has 7 atom stereocenters. The van der Waals surface area contributed by atoms with Gasteiger partial charge in [-0.1, -0.05) is 99.1 Å². The number of carboxylic acid groups (broad SMARTS) is 2. The number of hydrogen-bond donors (Lipinski definition) is 7. The van der Waals surface area contributed by atoms with Gasteiger partial charge in [-0.15, -0.1) is 0 Å². The molecule has 362 valence electrons. The number of halogens is 2. The Morgan fingerprint density at radius 2 is 1.50 bits per heavy atom. The Bertz CT molecular complexity index is 2540. The van der Waals surface area contributed by atoms with Gasteiger partial charge in [0.25, 0.3) is 5.91 Å². The Morgan fingerprint density at radius 1 is 0.868 bits per heavy atom. The zero-order chi connectivity index (χ0) is 49.3. The maximum Gasteiger partial charge on any atom is 0.311 e. The van der Waals surface area contributed by atoms with Crippen molar-refractivity contribution in [3.8, 4) is 22.4 Å². The van der Waals surface area contributed by atoms with Crippen LogP contribution in [0.25, 0.3) is 22.4 Å². The summed E-state index contributed by atoms with van der Waals surface area (Å²) in [6.45, 7) is 9.04. The standard InChI is InChI=1S/C53H62ClFN4O9/c1-6-53(51(66)67)42(57-33(4)52(5,50(64)65)48(53)40-19-13-14-20-41(40)54)31-68-28-26-56-43(62)30-39(61)29-38(60)25-27-59-46(32(2)3)45(49(63)58-37-17-11-8-12-18-37)44(34-15-9-7-10-16-34)47(59)35-21-23-36(55)24-22-35/h7-24,32-33,38-39,42,48,57,60-61H,6,25-31H2,1-5H3,(H,56,62)(H,58,63)(H,64,65)(H,66,67). The predicted molar refractivity (Wildman–Crippen MR) is 260 cm³/mol. The van der Waals surface area contributed by atoms with Crippen LogP contribution < -0.4 is 16.0 Å². The van der Waals surface area contributed by atoms with Crippen molar-refractivity contribution >= 4 is 41.0 Å². The number of benzene rings is 4. The zero-order valence-electron chi connectivity index (χ0n) is 39.0. The van der Waals surface area contributed by atoms with E-state index in [9.17, 15) is 44.0 Å². The van der Waals surface area contributed by atoms with E-state index in [1.165, 1.54) is 19.1 Å². The van der Waals surface area contributed by atoms with Crippen LogP contribution in [0.3, 0.4) is 0 Å². The minimum absolute atomic E-state index is 0.00876. The molecule has 1 fully saturated rings. The number of nitrogens with one attached hydrogen (secondary N) is 3. The van der Waals surface area contributed by atoms with E-state index in [-0.39, 0.29) is 68.8 Å². The number of para-hydroxylation sites is 1. The largest absolute Gasteiger partial charge is 0.481 e. The lowest BCUT2D eigenvalue weighted by atomic mass is 9.51. The van der Waals surface area contributed by atoms with Gasteiger partial charge < -0.3 is 45.7 Å². The molecule has 5 aromatic rings. The summed E-state index contributed by atoms with van der Waals surface area (Å²) in [6.07, 6.45) is -2.48. The lowest BCUT2D eigenvalue weighted by Gasteiger charge is -2.56. The van der Waals surface area contributed by atoms with Crippen molar-refractivity contribution in [3.63, 3.8) is 0 Å². The van der Waals surface area contributed by atoms with Crippen molar-refractivity contribution in [2.75, 3.05) is 25.1 Å². The first-order valence-corrected chi connectivity index (χ1v) is 23.4. The maximum absolute atomic E-state index is 14.4. The number of nitrogens with zero attached hydrogens (tertiary/aromatic N) is 1. The second kappa shape index (κ2) is 22.5. The summed E-state index contributed by atoms with van der Waals surface area (Å²) in [7, 11) is 0. The van der Waals surface area contributed by atoms with E-state index >= 15 is 0 Å². The molecule has 1 aliphatic heterocycles. The SMILES string of the molecule is CCC1(C(=O)O)C(COCCNC(=O)CC(O)CC(O)CCn2c(-c3ccc(F)cc3)c(-c3ccccc3)c(C(=O)Nc3ccccc3)c2C(C)C)NC(C)C(C)(C(=O)O)C1c1ccccc1Cl. The highest BCUT2D eigenvalue weighted by molar-refractivity contribution is 6.31. The molecule has 1 aliphatic rings. The Kier molecular flexibility index (Phi) is 17.0. The molecule has 68 heavy (non-hydrogen) atoms. The van der Waals surface area contributed by atoms with Gasteiger partial charge in [0.1, 0.15) is 5.82 Å². The number of aliphatic hydroxyl groups excluding tert-OH is 2. The molecule has 2 heterocycles. The topological polar surface area (TPSA) is 199 Å². The van der Waals surface area contributed by atoms with Gasteiger partial charge in [0.15, 0.2) is 0 Å². The first-order valence-electron chi connectivity index (χ1n) is 23.1. The lowest BCUT2D eigenvalue weighted by Crippen LogP contribution is -2.70. The molecule has 1 saturated heterocycles. The highest BCUT2D eigenvalue weighted by Crippen LogP contribution is 2.58. The average Bonchev–Trinajstić information content (AvgIpc) is 3.66. The van der Waals surface area contributed by atoms with Crippen LogP contribution >= 0.6 is 11.6 Å². The molecule has 0 spiro atoms. The summed E-state index contributed by atoms with van der Waals surface area (Å²) in [5, 5.41) is 53.0. The first-order chi connectivity index (χ1) is 32.4. The Hall–Kier alpha value is -5.90. The number of piperidine rings is 1. The van der Waals surface area contributed by atoms with Gasteiger partial charge in [-0.2, -0.15) is 0 Å². The van der Waals surface area contributed by atoms with Crippen LogP contribution in [0.1, 0.15) is 93.8 Å². The predicted octanol–water partition coefficient (Wildman–Crippen LogP) is 8.73. The molecule has 1 aromatic heterocycles. The van der Waals surface area contributed by atoms with E-state index in [4.69, 9.17) is 16.3 Å². The van der Waals surface area contributed by atoms with E-state index in [2.05, 4.69) is 16.0 Å². The van der Waals surface area contributed by atoms with Gasteiger partial charge in [0, 0.05) is 53.1 Å². The molecule has 7 unspecified atom stereocenters. The summed E-state index contributed by atoms with van der Waals surface area (Å²) < 4.78 is 22.3. The molecular weight excluding hydrogens is 891 g/mol. The number of rotatable bonds is 21. The van der Waals surface area contributed by atoms with Crippen molar-refractivity contribution < 1.29 is 48.7 Å². The number of ether oxygens (including phenoxy) is 1. The molecule has 13 nitrogen and oxygen atoms in total. The fourth-order valence-corrected chi connectivity index (χ4v) is 10.3. The van der Waals surface area contributed by atoms with Crippen LogP contribution in [0, 0.1) is 16.6 Å². The third kappa shape index (κ3) is 10.8. The molecular formula is C53H62ClFN4O9. The summed E-state index contributed by atoms with van der Waals surface area (Å²) in [5.41, 5.74) is 1.77. The van der Waals surface area contributed by atoms with Crippen molar-refractivity contribution in [3.05, 3.63) is 137 Å². The van der Waals surface area contributed by atoms with E-state index in [1.54, 1.807) is 62.4 Å². The number of aliphatic carboxylic acids is 2.